The summed E-state index contributed by atoms with van der Waals surface area (Å²) in [6.45, 7) is 19.7. The first kappa shape index (κ1) is 72.5. The third-order valence-electron chi connectivity index (χ3n) is 21.1. The molecule has 91 heavy (non-hydrogen) atoms. The van der Waals surface area contributed by atoms with Crippen molar-refractivity contribution in [3.05, 3.63) is 84.2 Å². The Morgan fingerprint density at radius 1 is 0.758 bits per heavy atom. The van der Waals surface area contributed by atoms with E-state index in [0.29, 0.717) is 39.6 Å². The minimum atomic E-state index is -5.10. The van der Waals surface area contributed by atoms with Crippen LogP contribution in [-0.4, -0.2) is 136 Å². The Labute approximate surface area is 542 Å². The maximum atomic E-state index is 14.3. The monoisotopic (exact) mass is 1330 g/mol. The minimum absolute atomic E-state index is 0. The zero-order valence-corrected chi connectivity index (χ0v) is 55.7. The number of phosphoric ester groups is 1. The number of primary amides is 6. The molecule has 7 aliphatic heterocycles. The van der Waals surface area contributed by atoms with Crippen LogP contribution >= 0.6 is 7.82 Å². The van der Waals surface area contributed by atoms with Crippen LogP contribution in [-0.2, 0) is 68.7 Å². The quantitative estimate of drug-likeness (QED) is 0.0425. The fourth-order valence-electron chi connectivity index (χ4n) is 16.1. The van der Waals surface area contributed by atoms with E-state index in [1.165, 1.54) is 6.92 Å². The van der Waals surface area contributed by atoms with Gasteiger partial charge in [0.1, 0.15) is 24.4 Å². The van der Waals surface area contributed by atoms with E-state index in [2.05, 4.69) is 10.3 Å². The molecule has 18 atom stereocenters. The predicted molar refractivity (Wildman–Crippen MR) is 335 cm³/mol. The zero-order chi connectivity index (χ0) is 66.7. The largest absolute Gasteiger partial charge is 0.685 e. The maximum absolute atomic E-state index is 14.3. The second-order valence-corrected chi connectivity index (χ2v) is 28.8. The number of fused-ring (bicyclic) bond motifs is 10. The molecule has 507 valence electrons. The molecule has 0 aromatic heterocycles. The van der Waals surface area contributed by atoms with Gasteiger partial charge in [-0.05, 0) is 123 Å². The number of aliphatic hydroxyl groups is 2. The second-order valence-electron chi connectivity index (χ2n) is 27.4. The Morgan fingerprint density at radius 2 is 1.33 bits per heavy atom. The molecule has 5 saturated heterocycles. The Hall–Kier alpha value is -5.94. The van der Waals surface area contributed by atoms with Gasteiger partial charge >= 0.3 is 7.82 Å². The van der Waals surface area contributed by atoms with Crippen molar-refractivity contribution in [1.82, 2.24) is 0 Å². The van der Waals surface area contributed by atoms with Crippen LogP contribution in [0.1, 0.15) is 144 Å². The number of allylic oxidation sites excluding steroid dienone is 3. The topological polar surface area (TPSA) is 467 Å². The molecule has 3 unspecified atom stereocenters. The molecule has 1 aromatic carbocycles. The van der Waals surface area contributed by atoms with Gasteiger partial charge in [-0.25, -0.2) is 9.56 Å². The molecule has 7 amide bonds. The van der Waals surface area contributed by atoms with Gasteiger partial charge in [-0.2, -0.15) is 17.1 Å². The van der Waals surface area contributed by atoms with Gasteiger partial charge in [-0.3, -0.25) is 42.6 Å². The van der Waals surface area contributed by atoms with Gasteiger partial charge in [0.05, 0.1) is 6.61 Å². The van der Waals surface area contributed by atoms with E-state index in [9.17, 15) is 53.2 Å². The summed E-state index contributed by atoms with van der Waals surface area (Å²) in [5.74, 6) is -7.12. The van der Waals surface area contributed by atoms with E-state index < -0.39 is 161 Å². The molecule has 27 nitrogen and oxygen atoms in total. The number of amides is 7. The van der Waals surface area contributed by atoms with Gasteiger partial charge in [0.2, 0.25) is 41.4 Å². The number of aliphatic hydroxyl groups excluding tert-OH is 2. The minimum Gasteiger partial charge on any atom is -0.685 e. The van der Waals surface area contributed by atoms with Crippen LogP contribution in [0, 0.1) is 59.2 Å². The number of nitrogens with zero attached hydrogens (tertiary/aromatic N) is 7. The number of hydrogen-bond donors (Lipinski definition) is 9. The number of hydrogen-bond acceptors (Lipinski definition) is 14. The molecule has 1 radical (unpaired) electrons. The fraction of sp³-hybridized carbons (Fsp3) is 0.677. The number of aliphatic imine (C=N–C) groups is 1. The molecular formula is C62H91CoN13O14P-5. The fourth-order valence-corrected chi connectivity index (χ4v) is 17.2. The van der Waals surface area contributed by atoms with Gasteiger partial charge in [-0.1, -0.05) is 66.4 Å². The van der Waals surface area contributed by atoms with Crippen molar-refractivity contribution < 1.29 is 83.8 Å². The summed E-state index contributed by atoms with van der Waals surface area (Å²) in [4.78, 5) is 110. The Balaban J connectivity index is 0.0000118. The van der Waals surface area contributed by atoms with Crippen LogP contribution in [0.3, 0.4) is 0 Å². The van der Waals surface area contributed by atoms with Crippen LogP contribution in [0.25, 0.3) is 26.6 Å². The Kier molecular flexibility index (Phi) is 21.7. The smallest absolute Gasteiger partial charge is 0.473 e. The number of phosphoric acid groups is 1. The van der Waals surface area contributed by atoms with Crippen molar-refractivity contribution in [2.45, 2.75) is 207 Å². The maximum Gasteiger partial charge on any atom is 0.473 e. The van der Waals surface area contributed by atoms with E-state index in [-0.39, 0.29) is 94.1 Å². The average Bonchev–Trinajstić information content (AvgIpc) is 1.54. The number of carbonyl (C=O) groups is 7. The standard InChI is InChI=1S/C62H91N13O14P.Co/c1-29-20-39-40(21-30(29)2)75(28-70-39)57-52(84)53(41(27-76)87-57)89-90(85,86)88-31(3)26-69-49(83)18-19-59(8)37(22-46(66)80)56-62(11)61(10,25-48(68)82)36(14-17-45(65)79)51(74-62)33(5)55-60(9,24-47(67)81)34(12-15-43(63)77)38(71-55)23-42-58(6,7)35(13-16-44(64)78)50(72-42)32(4)54(59)73-56;/h20-21,23,26,31,34-38,41,50-53,56-57,76,84H,12-19,22,24-25,27-28H2,1-11H3,(H2,63,77)(H2,64,78)(H2,65,79)(H2,66,80)(H2,67,81)(H2,68,82)(H,85,86);/q-5;/b42-23-,54-32-,55-33-,69-26?;/t31-,34-,35-,36-,37+,38?,41-,50-,51?,52-,53-,56-,57+,59-,60+,61+,62+;/m1./s1. The molecule has 29 heteroatoms. The number of anilines is 1. The normalized spacial score (nSPS) is 36.9. The summed E-state index contributed by atoms with van der Waals surface area (Å²) in [5.41, 5.74) is 36.2. The number of ether oxygens (including phenoxy) is 1. The summed E-state index contributed by atoms with van der Waals surface area (Å²) in [6, 6.07) is 0.423. The first-order valence-electron chi connectivity index (χ1n) is 30.8. The average molecular weight is 1330 g/mol. The zero-order valence-electron chi connectivity index (χ0n) is 53.7. The number of aryl methyl sites for hydroxylation is 2. The van der Waals surface area contributed by atoms with Gasteiger partial charge in [0.15, 0.2) is 6.23 Å². The molecule has 0 spiro atoms. The van der Waals surface area contributed by atoms with Crippen molar-refractivity contribution in [2.24, 2.45) is 84.7 Å². The van der Waals surface area contributed by atoms with Gasteiger partial charge in [-0.15, -0.1) is 40.5 Å². The predicted octanol–water partition coefficient (Wildman–Crippen LogP) is 5.59. The molecule has 7 aliphatic rings. The molecule has 8 rings (SSSR count). The first-order valence-corrected chi connectivity index (χ1v) is 32.3. The van der Waals surface area contributed by atoms with Crippen LogP contribution < -0.4 is 39.3 Å². The van der Waals surface area contributed by atoms with E-state index >= 15 is 0 Å². The molecule has 1 aromatic rings. The van der Waals surface area contributed by atoms with Crippen LogP contribution in [0.15, 0.2) is 51.4 Å². The van der Waals surface area contributed by atoms with Crippen molar-refractivity contribution in [1.29, 1.82) is 0 Å². The van der Waals surface area contributed by atoms with Crippen molar-refractivity contribution in [3.63, 3.8) is 0 Å². The van der Waals surface area contributed by atoms with E-state index in [4.69, 9.17) is 69.5 Å². The molecule has 15 N–H and O–H groups in total. The summed E-state index contributed by atoms with van der Waals surface area (Å²) >= 11 is 0. The number of rotatable bonds is 25. The van der Waals surface area contributed by atoms with Crippen molar-refractivity contribution >= 4 is 66.8 Å². The number of carbonyl (C=O) groups excluding carboxylic acids is 7. The van der Waals surface area contributed by atoms with E-state index in [1.54, 1.807) is 4.90 Å². The molecule has 8 bridgehead atoms. The van der Waals surface area contributed by atoms with Gasteiger partial charge in [0, 0.05) is 73.6 Å². The summed E-state index contributed by atoms with van der Waals surface area (Å²) < 4.78 is 30.6. The van der Waals surface area contributed by atoms with Crippen LogP contribution in [0.4, 0.5) is 11.4 Å². The third kappa shape index (κ3) is 14.0. The van der Waals surface area contributed by atoms with E-state index in [1.807, 2.05) is 87.4 Å². The molecular weight excluding hydrogens is 1240 g/mol. The molecule has 7 heterocycles. The van der Waals surface area contributed by atoms with Gasteiger partial charge in [0.25, 0.3) is 0 Å². The molecule has 5 fully saturated rings. The van der Waals surface area contributed by atoms with E-state index in [0.717, 1.165) is 17.3 Å². The third-order valence-corrected chi connectivity index (χ3v) is 22.3. The number of nitrogens with two attached hydrogens (primary N) is 6. The summed E-state index contributed by atoms with van der Waals surface area (Å²) in [6.07, 6.45) is -4.72. The molecule has 0 saturated carbocycles. The Bertz CT molecular complexity index is 3240. The van der Waals surface area contributed by atoms with Crippen LogP contribution in [0.5, 0.6) is 0 Å². The van der Waals surface area contributed by atoms with Gasteiger partial charge < -0.3 is 85.7 Å². The molecule has 0 aliphatic carbocycles. The number of benzene rings is 1. The SMILES string of the molecule is C/C1=C2/[N-]C(/C=C3\[N-][C@H](/C(C)=C4\[N-][C@H]([C@H](CC(N)=O)[C@@]4(C)CCC(=O)N=C[C@@H](C)OP(=O)(O)O[C@H]4[C@@H](O)[C@@H](N5C[N-]c6cc(C)c(C)cc65)O[C@@H]4CO)[C@]4(C)[N-]C1[C@@H](CCC(N)=O)[C@]4(C)CC(N)=O)[C@@H](CCC(N)=O)C3(C)C)[C@@H](CCC(N)=O)[C@]2(C)CC(N)=O.[Co]. The first-order chi connectivity index (χ1) is 41.8. The van der Waals surface area contributed by atoms with Crippen molar-refractivity contribution in [2.75, 3.05) is 18.2 Å². The summed E-state index contributed by atoms with van der Waals surface area (Å²) in [7, 11) is -5.10. The van der Waals surface area contributed by atoms with Crippen molar-refractivity contribution in [3.8, 4) is 0 Å². The Morgan fingerprint density at radius 3 is 1.91 bits per heavy atom. The van der Waals surface area contributed by atoms with Crippen LogP contribution in [0.2, 0.25) is 0 Å². The second kappa shape index (κ2) is 27.2. The summed E-state index contributed by atoms with van der Waals surface area (Å²) in [5, 5.41) is 48.7.